The van der Waals surface area contributed by atoms with E-state index in [0.717, 1.165) is 36.8 Å². The zero-order valence-corrected chi connectivity index (χ0v) is 11.6. The van der Waals surface area contributed by atoms with E-state index in [9.17, 15) is 0 Å². The molecule has 2 atom stereocenters. The SMILES string of the molecule is CNCc1cnc(C)nc1N1C[C@@H](C)O[C@@H](C)C1. The second kappa shape index (κ2) is 5.63. The first kappa shape index (κ1) is 13.2. The van der Waals surface area contributed by atoms with Gasteiger partial charge in [-0.25, -0.2) is 9.97 Å². The van der Waals surface area contributed by atoms with E-state index in [1.54, 1.807) is 0 Å². The quantitative estimate of drug-likeness (QED) is 0.871. The van der Waals surface area contributed by atoms with Crippen LogP contribution in [0.4, 0.5) is 5.82 Å². The fourth-order valence-corrected chi connectivity index (χ4v) is 2.42. The van der Waals surface area contributed by atoms with Crippen LogP contribution >= 0.6 is 0 Å². The second-order valence-corrected chi connectivity index (χ2v) is 4.96. The molecule has 1 saturated heterocycles. The van der Waals surface area contributed by atoms with Crippen molar-refractivity contribution >= 4 is 5.82 Å². The highest BCUT2D eigenvalue weighted by molar-refractivity contribution is 5.46. The van der Waals surface area contributed by atoms with Gasteiger partial charge in [0.15, 0.2) is 0 Å². The van der Waals surface area contributed by atoms with Crippen molar-refractivity contribution in [2.24, 2.45) is 0 Å². The van der Waals surface area contributed by atoms with E-state index in [-0.39, 0.29) is 12.2 Å². The van der Waals surface area contributed by atoms with Gasteiger partial charge in [0.1, 0.15) is 11.6 Å². The number of hydrogen-bond donors (Lipinski definition) is 1. The first-order chi connectivity index (χ1) is 8.60. The molecule has 0 aliphatic carbocycles. The molecule has 2 rings (SSSR count). The van der Waals surface area contributed by atoms with Gasteiger partial charge >= 0.3 is 0 Å². The molecule has 5 heteroatoms. The van der Waals surface area contributed by atoms with Gasteiger partial charge in [0, 0.05) is 31.4 Å². The van der Waals surface area contributed by atoms with E-state index in [0.29, 0.717) is 0 Å². The summed E-state index contributed by atoms with van der Waals surface area (Å²) >= 11 is 0. The fraction of sp³-hybridized carbons (Fsp3) is 0.692. The van der Waals surface area contributed by atoms with E-state index in [4.69, 9.17) is 4.74 Å². The summed E-state index contributed by atoms with van der Waals surface area (Å²) in [6.45, 7) is 8.70. The van der Waals surface area contributed by atoms with Crippen molar-refractivity contribution < 1.29 is 4.74 Å². The van der Waals surface area contributed by atoms with Crippen molar-refractivity contribution in [3.05, 3.63) is 17.6 Å². The molecule has 0 aromatic carbocycles. The van der Waals surface area contributed by atoms with Gasteiger partial charge in [-0.05, 0) is 27.8 Å². The summed E-state index contributed by atoms with van der Waals surface area (Å²) in [6, 6.07) is 0. The maximum atomic E-state index is 5.77. The van der Waals surface area contributed by atoms with Crippen molar-refractivity contribution in [1.82, 2.24) is 15.3 Å². The molecule has 1 aliphatic heterocycles. The van der Waals surface area contributed by atoms with Crippen molar-refractivity contribution in [2.45, 2.75) is 39.5 Å². The van der Waals surface area contributed by atoms with Crippen LogP contribution in [-0.4, -0.2) is 42.3 Å². The summed E-state index contributed by atoms with van der Waals surface area (Å²) in [6.07, 6.45) is 2.40. The molecule has 2 heterocycles. The van der Waals surface area contributed by atoms with Crippen molar-refractivity contribution in [3.8, 4) is 0 Å². The van der Waals surface area contributed by atoms with E-state index in [1.165, 1.54) is 0 Å². The second-order valence-electron chi connectivity index (χ2n) is 4.96. The molecule has 0 bridgehead atoms. The summed E-state index contributed by atoms with van der Waals surface area (Å²) in [4.78, 5) is 11.2. The summed E-state index contributed by atoms with van der Waals surface area (Å²) in [5.74, 6) is 1.86. The molecule has 1 fully saturated rings. The molecule has 0 unspecified atom stereocenters. The number of rotatable bonds is 3. The normalized spacial score (nSPS) is 24.3. The lowest BCUT2D eigenvalue weighted by molar-refractivity contribution is -0.00552. The van der Waals surface area contributed by atoms with E-state index < -0.39 is 0 Å². The first-order valence-corrected chi connectivity index (χ1v) is 6.47. The van der Waals surface area contributed by atoms with E-state index in [2.05, 4.69) is 34.0 Å². The minimum Gasteiger partial charge on any atom is -0.372 e. The molecular weight excluding hydrogens is 228 g/mol. The number of aromatic nitrogens is 2. The van der Waals surface area contributed by atoms with Crippen LogP contribution < -0.4 is 10.2 Å². The molecule has 1 aliphatic rings. The van der Waals surface area contributed by atoms with Gasteiger partial charge in [-0.2, -0.15) is 0 Å². The summed E-state index contributed by atoms with van der Waals surface area (Å²) in [7, 11) is 1.94. The maximum Gasteiger partial charge on any atom is 0.136 e. The Balaban J connectivity index is 2.27. The Morgan fingerprint density at radius 3 is 2.67 bits per heavy atom. The summed E-state index contributed by atoms with van der Waals surface area (Å²) in [5, 5.41) is 3.17. The van der Waals surface area contributed by atoms with E-state index >= 15 is 0 Å². The smallest absolute Gasteiger partial charge is 0.136 e. The van der Waals surface area contributed by atoms with Crippen LogP contribution in [0.15, 0.2) is 6.20 Å². The molecule has 1 N–H and O–H groups in total. The number of ether oxygens (including phenoxy) is 1. The van der Waals surface area contributed by atoms with Gasteiger partial charge in [0.25, 0.3) is 0 Å². The first-order valence-electron chi connectivity index (χ1n) is 6.47. The number of nitrogens with one attached hydrogen (secondary N) is 1. The predicted molar refractivity (Wildman–Crippen MR) is 71.8 cm³/mol. The Morgan fingerprint density at radius 1 is 1.39 bits per heavy atom. The minimum absolute atomic E-state index is 0.242. The minimum atomic E-state index is 0.242. The third-order valence-corrected chi connectivity index (χ3v) is 3.05. The van der Waals surface area contributed by atoms with Gasteiger partial charge in [-0.15, -0.1) is 0 Å². The third kappa shape index (κ3) is 2.97. The Kier molecular flexibility index (Phi) is 4.14. The van der Waals surface area contributed by atoms with Crippen LogP contribution in [0.25, 0.3) is 0 Å². The molecule has 0 spiro atoms. The lowest BCUT2D eigenvalue weighted by Gasteiger charge is -2.37. The number of morpholine rings is 1. The Bertz CT molecular complexity index is 400. The standard InChI is InChI=1S/C13H22N4O/c1-9-7-17(8-10(2)18-9)13-12(5-14-4)6-15-11(3)16-13/h6,9-10,14H,5,7-8H2,1-4H3/t9-,10+. The predicted octanol–water partition coefficient (Wildman–Crippen LogP) is 1.12. The highest BCUT2D eigenvalue weighted by Gasteiger charge is 2.24. The molecule has 1 aromatic heterocycles. The third-order valence-electron chi connectivity index (χ3n) is 3.05. The topological polar surface area (TPSA) is 50.3 Å². The lowest BCUT2D eigenvalue weighted by atomic mass is 10.2. The van der Waals surface area contributed by atoms with E-state index in [1.807, 2.05) is 20.2 Å². The molecule has 0 amide bonds. The van der Waals surface area contributed by atoms with Crippen LogP contribution in [-0.2, 0) is 11.3 Å². The zero-order chi connectivity index (χ0) is 13.1. The van der Waals surface area contributed by atoms with Crippen molar-refractivity contribution in [3.63, 3.8) is 0 Å². The Hall–Kier alpha value is -1.20. The van der Waals surface area contributed by atoms with Crippen molar-refractivity contribution in [1.29, 1.82) is 0 Å². The average Bonchev–Trinajstić information content (AvgIpc) is 2.30. The number of aryl methyl sites for hydroxylation is 1. The summed E-state index contributed by atoms with van der Waals surface area (Å²) in [5.41, 5.74) is 1.14. The highest BCUT2D eigenvalue weighted by Crippen LogP contribution is 2.22. The molecule has 18 heavy (non-hydrogen) atoms. The van der Waals surface area contributed by atoms with Crippen LogP contribution in [0, 0.1) is 6.92 Å². The number of anilines is 1. The number of hydrogen-bond acceptors (Lipinski definition) is 5. The van der Waals surface area contributed by atoms with Crippen molar-refractivity contribution in [2.75, 3.05) is 25.0 Å². The molecule has 0 radical (unpaired) electrons. The zero-order valence-electron chi connectivity index (χ0n) is 11.6. The summed E-state index contributed by atoms with van der Waals surface area (Å²) < 4.78 is 5.77. The highest BCUT2D eigenvalue weighted by atomic mass is 16.5. The maximum absolute atomic E-state index is 5.77. The van der Waals surface area contributed by atoms with Gasteiger partial charge in [-0.1, -0.05) is 0 Å². The fourth-order valence-electron chi connectivity index (χ4n) is 2.42. The van der Waals surface area contributed by atoms with Gasteiger partial charge in [0.05, 0.1) is 12.2 Å². The monoisotopic (exact) mass is 250 g/mol. The largest absolute Gasteiger partial charge is 0.372 e. The van der Waals surface area contributed by atoms with Crippen LogP contribution in [0.3, 0.4) is 0 Å². The molecule has 100 valence electrons. The van der Waals surface area contributed by atoms with Gasteiger partial charge in [-0.3, -0.25) is 0 Å². The van der Waals surface area contributed by atoms with Gasteiger partial charge < -0.3 is 15.0 Å². The lowest BCUT2D eigenvalue weighted by Crippen LogP contribution is -2.46. The number of nitrogens with zero attached hydrogens (tertiary/aromatic N) is 3. The molecule has 0 saturated carbocycles. The average molecular weight is 250 g/mol. The van der Waals surface area contributed by atoms with Crippen LogP contribution in [0.1, 0.15) is 25.2 Å². The molecule has 1 aromatic rings. The van der Waals surface area contributed by atoms with Crippen LogP contribution in [0.5, 0.6) is 0 Å². The molecular formula is C13H22N4O. The molecule has 5 nitrogen and oxygen atoms in total. The Morgan fingerprint density at radius 2 is 2.06 bits per heavy atom. The van der Waals surface area contributed by atoms with Gasteiger partial charge in [0.2, 0.25) is 0 Å². The Labute approximate surface area is 109 Å². The van der Waals surface area contributed by atoms with Crippen LogP contribution in [0.2, 0.25) is 0 Å².